The number of aryl methyl sites for hydroxylation is 1. The molecule has 1 saturated heterocycles. The van der Waals surface area contributed by atoms with E-state index in [9.17, 15) is 4.79 Å². The second-order valence-electron chi connectivity index (χ2n) is 6.04. The number of amides is 2. The maximum Gasteiger partial charge on any atom is 0.321 e. The second-order valence-corrected chi connectivity index (χ2v) is 6.47. The molecule has 6 heteroatoms. The fraction of sp³-hybridized carbons (Fsp3) is 0.316. The van der Waals surface area contributed by atoms with Gasteiger partial charge in [-0.1, -0.05) is 29.8 Å². The third-order valence-electron chi connectivity index (χ3n) is 4.44. The van der Waals surface area contributed by atoms with E-state index in [1.54, 1.807) is 7.11 Å². The van der Waals surface area contributed by atoms with Crippen LogP contribution in [0.15, 0.2) is 42.5 Å². The van der Waals surface area contributed by atoms with Gasteiger partial charge in [0.25, 0.3) is 0 Å². The van der Waals surface area contributed by atoms with Crippen molar-refractivity contribution in [3.8, 4) is 5.75 Å². The summed E-state index contributed by atoms with van der Waals surface area (Å²) in [5.74, 6) is 0.794. The number of piperazine rings is 1. The summed E-state index contributed by atoms with van der Waals surface area (Å²) in [4.78, 5) is 16.5. The minimum Gasteiger partial charge on any atom is -0.495 e. The molecule has 3 rings (SSSR count). The normalized spacial score (nSPS) is 14.4. The first-order valence-electron chi connectivity index (χ1n) is 8.28. The lowest BCUT2D eigenvalue weighted by Gasteiger charge is -2.36. The van der Waals surface area contributed by atoms with E-state index < -0.39 is 0 Å². The van der Waals surface area contributed by atoms with Crippen LogP contribution in [-0.2, 0) is 0 Å². The Labute approximate surface area is 153 Å². The van der Waals surface area contributed by atoms with Crippen LogP contribution >= 0.6 is 11.6 Å². The van der Waals surface area contributed by atoms with Gasteiger partial charge < -0.3 is 19.9 Å². The summed E-state index contributed by atoms with van der Waals surface area (Å²) in [7, 11) is 1.65. The number of nitrogens with one attached hydrogen (secondary N) is 1. The molecule has 0 aliphatic carbocycles. The Kier molecular flexibility index (Phi) is 5.34. The number of para-hydroxylation sites is 1. The largest absolute Gasteiger partial charge is 0.495 e. The number of benzene rings is 2. The zero-order valence-electron chi connectivity index (χ0n) is 14.5. The Morgan fingerprint density at radius 1 is 1.12 bits per heavy atom. The minimum absolute atomic E-state index is 0.0630. The summed E-state index contributed by atoms with van der Waals surface area (Å²) >= 11 is 6.12. The highest BCUT2D eigenvalue weighted by Crippen LogP contribution is 2.31. The number of hydrogen-bond acceptors (Lipinski definition) is 3. The third-order valence-corrected chi connectivity index (χ3v) is 4.67. The maximum absolute atomic E-state index is 12.5. The smallest absolute Gasteiger partial charge is 0.321 e. The molecule has 132 valence electrons. The summed E-state index contributed by atoms with van der Waals surface area (Å²) < 4.78 is 5.43. The van der Waals surface area contributed by atoms with E-state index in [0.29, 0.717) is 18.1 Å². The molecule has 2 aromatic carbocycles. The first-order valence-corrected chi connectivity index (χ1v) is 8.66. The molecule has 1 N–H and O–H groups in total. The first kappa shape index (κ1) is 17.4. The van der Waals surface area contributed by atoms with E-state index in [-0.39, 0.29) is 6.03 Å². The summed E-state index contributed by atoms with van der Waals surface area (Å²) in [6.07, 6.45) is 0. The maximum atomic E-state index is 12.5. The van der Waals surface area contributed by atoms with Crippen molar-refractivity contribution in [2.45, 2.75) is 6.92 Å². The van der Waals surface area contributed by atoms with Crippen molar-refractivity contribution in [3.05, 3.63) is 53.1 Å². The van der Waals surface area contributed by atoms with Gasteiger partial charge >= 0.3 is 6.03 Å². The molecule has 0 radical (unpaired) electrons. The zero-order valence-corrected chi connectivity index (χ0v) is 15.2. The van der Waals surface area contributed by atoms with E-state index in [1.165, 1.54) is 0 Å². The SMILES string of the molecule is COc1ccc(Cl)cc1N1CCN(C(=O)Nc2ccccc2C)CC1. The Morgan fingerprint density at radius 2 is 1.84 bits per heavy atom. The van der Waals surface area contributed by atoms with Crippen LogP contribution in [0.3, 0.4) is 0 Å². The highest BCUT2D eigenvalue weighted by Gasteiger charge is 2.23. The molecule has 2 amide bonds. The Bertz CT molecular complexity index is 758. The summed E-state index contributed by atoms with van der Waals surface area (Å²) in [6.45, 7) is 4.75. The van der Waals surface area contributed by atoms with E-state index in [4.69, 9.17) is 16.3 Å². The molecule has 0 aromatic heterocycles. The molecule has 0 atom stereocenters. The Hall–Kier alpha value is -2.40. The molecule has 0 unspecified atom stereocenters. The zero-order chi connectivity index (χ0) is 17.8. The van der Waals surface area contributed by atoms with Crippen molar-refractivity contribution < 1.29 is 9.53 Å². The standard InChI is InChI=1S/C19H22ClN3O2/c1-14-5-3-4-6-16(14)21-19(24)23-11-9-22(10-12-23)17-13-15(20)7-8-18(17)25-2/h3-8,13H,9-12H2,1-2H3,(H,21,24). The molecule has 1 aliphatic rings. The number of methoxy groups -OCH3 is 1. The van der Waals surface area contributed by atoms with E-state index in [0.717, 1.165) is 35.8 Å². The predicted octanol–water partition coefficient (Wildman–Crippen LogP) is 4.01. The van der Waals surface area contributed by atoms with Crippen LogP contribution in [0.4, 0.5) is 16.2 Å². The lowest BCUT2D eigenvalue weighted by Crippen LogP contribution is -2.50. The molecule has 0 bridgehead atoms. The van der Waals surface area contributed by atoms with Crippen molar-refractivity contribution in [1.29, 1.82) is 0 Å². The number of anilines is 2. The number of carbonyl (C=O) groups excluding carboxylic acids is 1. The summed E-state index contributed by atoms with van der Waals surface area (Å²) in [5, 5.41) is 3.67. The average Bonchev–Trinajstić information content (AvgIpc) is 2.63. The van der Waals surface area contributed by atoms with Gasteiger partial charge in [-0.15, -0.1) is 0 Å². The van der Waals surface area contributed by atoms with Crippen molar-refractivity contribution in [2.24, 2.45) is 0 Å². The third kappa shape index (κ3) is 3.99. The van der Waals surface area contributed by atoms with Crippen LogP contribution in [0.25, 0.3) is 0 Å². The fourth-order valence-corrected chi connectivity index (χ4v) is 3.13. The van der Waals surface area contributed by atoms with E-state index >= 15 is 0 Å². The summed E-state index contributed by atoms with van der Waals surface area (Å²) in [5.41, 5.74) is 2.87. The number of urea groups is 1. The molecular formula is C19H22ClN3O2. The van der Waals surface area contributed by atoms with Crippen molar-refractivity contribution in [2.75, 3.05) is 43.5 Å². The molecule has 1 heterocycles. The molecular weight excluding hydrogens is 338 g/mol. The Morgan fingerprint density at radius 3 is 2.52 bits per heavy atom. The molecule has 1 fully saturated rings. The van der Waals surface area contributed by atoms with Gasteiger partial charge in [-0.3, -0.25) is 0 Å². The van der Waals surface area contributed by atoms with Gasteiger partial charge in [0.1, 0.15) is 5.75 Å². The van der Waals surface area contributed by atoms with Crippen molar-refractivity contribution >= 4 is 29.0 Å². The second kappa shape index (κ2) is 7.66. The Balaban J connectivity index is 1.63. The number of ether oxygens (including phenoxy) is 1. The number of nitrogens with zero attached hydrogens (tertiary/aromatic N) is 2. The number of carbonyl (C=O) groups is 1. The van der Waals surface area contributed by atoms with Crippen LogP contribution in [0.2, 0.25) is 5.02 Å². The van der Waals surface area contributed by atoms with Crippen LogP contribution < -0.4 is 15.0 Å². The summed E-state index contributed by atoms with van der Waals surface area (Å²) in [6, 6.07) is 13.3. The van der Waals surface area contributed by atoms with Gasteiger partial charge in [0.2, 0.25) is 0 Å². The van der Waals surface area contributed by atoms with E-state index in [2.05, 4.69) is 10.2 Å². The van der Waals surface area contributed by atoms with Gasteiger partial charge in [0.15, 0.2) is 0 Å². The van der Waals surface area contributed by atoms with Gasteiger partial charge in [-0.2, -0.15) is 0 Å². The number of hydrogen-bond donors (Lipinski definition) is 1. The van der Waals surface area contributed by atoms with Gasteiger partial charge in [-0.05, 0) is 36.8 Å². The van der Waals surface area contributed by atoms with Gasteiger partial charge in [0.05, 0.1) is 12.8 Å². The monoisotopic (exact) mass is 359 g/mol. The van der Waals surface area contributed by atoms with Gasteiger partial charge in [-0.25, -0.2) is 4.79 Å². The quantitative estimate of drug-likeness (QED) is 0.900. The van der Waals surface area contributed by atoms with Gasteiger partial charge in [0, 0.05) is 36.9 Å². The van der Waals surface area contributed by atoms with Crippen molar-refractivity contribution in [1.82, 2.24) is 4.90 Å². The van der Waals surface area contributed by atoms with Crippen LogP contribution in [0.1, 0.15) is 5.56 Å². The topological polar surface area (TPSA) is 44.8 Å². The molecule has 0 spiro atoms. The number of halogens is 1. The number of rotatable bonds is 3. The lowest BCUT2D eigenvalue weighted by atomic mass is 10.2. The average molecular weight is 360 g/mol. The highest BCUT2D eigenvalue weighted by molar-refractivity contribution is 6.30. The lowest BCUT2D eigenvalue weighted by molar-refractivity contribution is 0.208. The molecule has 25 heavy (non-hydrogen) atoms. The fourth-order valence-electron chi connectivity index (χ4n) is 2.97. The molecule has 1 aliphatic heterocycles. The molecule has 2 aromatic rings. The molecule has 0 saturated carbocycles. The predicted molar refractivity (Wildman–Crippen MR) is 102 cm³/mol. The van der Waals surface area contributed by atoms with Crippen LogP contribution in [0, 0.1) is 6.92 Å². The van der Waals surface area contributed by atoms with Crippen LogP contribution in [-0.4, -0.2) is 44.2 Å². The van der Waals surface area contributed by atoms with Crippen molar-refractivity contribution in [3.63, 3.8) is 0 Å². The van der Waals surface area contributed by atoms with E-state index in [1.807, 2.05) is 54.3 Å². The van der Waals surface area contributed by atoms with Crippen LogP contribution in [0.5, 0.6) is 5.75 Å². The highest BCUT2D eigenvalue weighted by atomic mass is 35.5. The first-order chi connectivity index (χ1) is 12.1. The minimum atomic E-state index is -0.0630. The molecule has 5 nitrogen and oxygen atoms in total.